The number of rotatable bonds is 4. The van der Waals surface area contributed by atoms with Crippen LogP contribution in [-0.2, 0) is 4.74 Å². The molecular formula is C21H27ClN2O2. The molecule has 1 unspecified atom stereocenters. The van der Waals surface area contributed by atoms with E-state index in [1.54, 1.807) is 4.90 Å². The molecular weight excluding hydrogens is 348 g/mol. The van der Waals surface area contributed by atoms with Crippen LogP contribution in [0.2, 0.25) is 5.02 Å². The van der Waals surface area contributed by atoms with E-state index in [1.807, 2.05) is 51.2 Å². The summed E-state index contributed by atoms with van der Waals surface area (Å²) >= 11 is 5.98. The number of benzene rings is 1. The maximum Gasteiger partial charge on any atom is 0.255 e. The minimum atomic E-state index is -0.0270. The van der Waals surface area contributed by atoms with Crippen molar-refractivity contribution in [2.24, 2.45) is 0 Å². The van der Waals surface area contributed by atoms with Crippen molar-refractivity contribution in [1.29, 1.82) is 0 Å². The molecule has 26 heavy (non-hydrogen) atoms. The van der Waals surface area contributed by atoms with Crippen LogP contribution in [-0.4, -0.2) is 35.6 Å². The van der Waals surface area contributed by atoms with E-state index < -0.39 is 0 Å². The number of halogens is 1. The van der Waals surface area contributed by atoms with Crippen molar-refractivity contribution < 1.29 is 9.53 Å². The van der Waals surface area contributed by atoms with Gasteiger partial charge in [0.15, 0.2) is 0 Å². The first kappa shape index (κ1) is 19.0. The summed E-state index contributed by atoms with van der Waals surface area (Å²) in [5, 5.41) is 0.702. The van der Waals surface area contributed by atoms with Crippen LogP contribution in [0.3, 0.4) is 0 Å². The number of aryl methyl sites for hydroxylation is 1. The lowest BCUT2D eigenvalue weighted by Gasteiger charge is -2.27. The van der Waals surface area contributed by atoms with Crippen molar-refractivity contribution in [2.75, 3.05) is 20.3 Å². The third kappa shape index (κ3) is 3.67. The minimum absolute atomic E-state index is 0.0270. The first-order valence-corrected chi connectivity index (χ1v) is 9.56. The molecule has 1 saturated heterocycles. The van der Waals surface area contributed by atoms with E-state index in [1.165, 1.54) is 0 Å². The first-order chi connectivity index (χ1) is 12.4. The highest BCUT2D eigenvalue weighted by molar-refractivity contribution is 6.30. The van der Waals surface area contributed by atoms with Gasteiger partial charge in [-0.15, -0.1) is 0 Å². The highest BCUT2D eigenvalue weighted by Crippen LogP contribution is 2.29. The molecule has 0 saturated carbocycles. The highest BCUT2D eigenvalue weighted by Gasteiger charge is 2.26. The van der Waals surface area contributed by atoms with Crippen molar-refractivity contribution in [3.05, 3.63) is 57.9 Å². The van der Waals surface area contributed by atoms with Crippen LogP contribution in [0.4, 0.5) is 0 Å². The maximum atomic E-state index is 13.2. The number of amides is 1. The molecule has 2 heterocycles. The number of ether oxygens (including phenoxy) is 1. The summed E-state index contributed by atoms with van der Waals surface area (Å²) in [5.74, 6) is 0.0449. The summed E-state index contributed by atoms with van der Waals surface area (Å²) in [7, 11) is 1.86. The van der Waals surface area contributed by atoms with Crippen molar-refractivity contribution in [1.82, 2.24) is 9.47 Å². The van der Waals surface area contributed by atoms with E-state index in [0.717, 1.165) is 48.6 Å². The number of hydrogen-bond donors (Lipinski definition) is 0. The van der Waals surface area contributed by atoms with E-state index >= 15 is 0 Å². The quantitative estimate of drug-likeness (QED) is 0.759. The summed E-state index contributed by atoms with van der Waals surface area (Å²) in [5.41, 5.74) is 3.99. The van der Waals surface area contributed by atoms with Gasteiger partial charge in [0.25, 0.3) is 5.91 Å². The number of nitrogens with zero attached hydrogens (tertiary/aromatic N) is 2. The van der Waals surface area contributed by atoms with Gasteiger partial charge < -0.3 is 14.2 Å². The van der Waals surface area contributed by atoms with Gasteiger partial charge in [-0.2, -0.15) is 0 Å². The Morgan fingerprint density at radius 3 is 2.62 bits per heavy atom. The van der Waals surface area contributed by atoms with Gasteiger partial charge in [-0.05, 0) is 57.4 Å². The van der Waals surface area contributed by atoms with Crippen LogP contribution in [0.25, 0.3) is 0 Å². The van der Waals surface area contributed by atoms with Crippen molar-refractivity contribution in [2.45, 2.75) is 45.7 Å². The van der Waals surface area contributed by atoms with Crippen LogP contribution >= 0.6 is 11.6 Å². The fourth-order valence-corrected chi connectivity index (χ4v) is 3.94. The Morgan fingerprint density at radius 1 is 1.31 bits per heavy atom. The van der Waals surface area contributed by atoms with E-state index in [9.17, 15) is 4.79 Å². The lowest BCUT2D eigenvalue weighted by molar-refractivity contribution is 0.0578. The van der Waals surface area contributed by atoms with E-state index in [-0.39, 0.29) is 11.9 Å². The molecule has 140 valence electrons. The molecule has 1 aromatic carbocycles. The van der Waals surface area contributed by atoms with Gasteiger partial charge in [0.2, 0.25) is 0 Å². The molecule has 0 bridgehead atoms. The monoisotopic (exact) mass is 374 g/mol. The molecule has 1 aromatic heterocycles. The third-order valence-corrected chi connectivity index (χ3v) is 5.72. The molecule has 2 atom stereocenters. The lowest BCUT2D eigenvalue weighted by Crippen LogP contribution is -2.30. The number of hydrogen-bond acceptors (Lipinski definition) is 2. The standard InChI is InChI=1S/C21H27ClN2O2/c1-14-12-20(16(3)24(14)19-6-5-11-26-13-19)21(25)23(4)15(2)17-7-9-18(22)10-8-17/h7-10,12,15,19H,5-6,11,13H2,1-4H3/t15-,19?/m1/s1. The number of aromatic nitrogens is 1. The van der Waals surface area contributed by atoms with Crippen molar-refractivity contribution >= 4 is 17.5 Å². The zero-order chi connectivity index (χ0) is 18.8. The van der Waals surface area contributed by atoms with E-state index in [0.29, 0.717) is 11.1 Å². The van der Waals surface area contributed by atoms with E-state index in [4.69, 9.17) is 16.3 Å². The van der Waals surface area contributed by atoms with Crippen LogP contribution in [0.5, 0.6) is 0 Å². The second-order valence-corrected chi connectivity index (χ2v) is 7.61. The predicted molar refractivity (Wildman–Crippen MR) is 105 cm³/mol. The molecule has 1 aliphatic heterocycles. The summed E-state index contributed by atoms with van der Waals surface area (Å²) in [4.78, 5) is 14.9. The Bertz CT molecular complexity index is 776. The molecule has 0 spiro atoms. The Balaban J connectivity index is 1.84. The van der Waals surface area contributed by atoms with Crippen LogP contribution in [0, 0.1) is 13.8 Å². The van der Waals surface area contributed by atoms with Crippen LogP contribution < -0.4 is 0 Å². The second kappa shape index (κ2) is 7.85. The average molecular weight is 375 g/mol. The second-order valence-electron chi connectivity index (χ2n) is 7.17. The zero-order valence-corrected chi connectivity index (χ0v) is 16.7. The predicted octanol–water partition coefficient (Wildman–Crippen LogP) is 4.94. The molecule has 5 heteroatoms. The van der Waals surface area contributed by atoms with Gasteiger partial charge in [0.05, 0.1) is 24.3 Å². The molecule has 0 N–H and O–H groups in total. The fraction of sp³-hybridized carbons (Fsp3) is 0.476. The molecule has 0 radical (unpaired) electrons. The molecule has 0 aliphatic carbocycles. The van der Waals surface area contributed by atoms with E-state index in [2.05, 4.69) is 11.5 Å². The van der Waals surface area contributed by atoms with Crippen molar-refractivity contribution in [3.63, 3.8) is 0 Å². The first-order valence-electron chi connectivity index (χ1n) is 9.19. The Morgan fingerprint density at radius 2 is 2.00 bits per heavy atom. The summed E-state index contributed by atoms with van der Waals surface area (Å²) in [6.45, 7) is 7.70. The van der Waals surface area contributed by atoms with Gasteiger partial charge in [0, 0.05) is 30.1 Å². The summed E-state index contributed by atoms with van der Waals surface area (Å²) in [6, 6.07) is 9.97. The van der Waals surface area contributed by atoms with Gasteiger partial charge in [-0.25, -0.2) is 0 Å². The zero-order valence-electron chi connectivity index (χ0n) is 16.0. The number of carbonyl (C=O) groups is 1. The molecule has 1 fully saturated rings. The summed E-state index contributed by atoms with van der Waals surface area (Å²) < 4.78 is 7.91. The maximum absolute atomic E-state index is 13.2. The lowest BCUT2D eigenvalue weighted by atomic mass is 10.1. The normalized spacial score (nSPS) is 18.6. The third-order valence-electron chi connectivity index (χ3n) is 5.47. The highest BCUT2D eigenvalue weighted by atomic mass is 35.5. The fourth-order valence-electron chi connectivity index (χ4n) is 3.81. The molecule has 2 aromatic rings. The Hall–Kier alpha value is -1.78. The minimum Gasteiger partial charge on any atom is -0.379 e. The van der Waals surface area contributed by atoms with Crippen molar-refractivity contribution in [3.8, 4) is 0 Å². The smallest absolute Gasteiger partial charge is 0.255 e. The molecule has 3 rings (SSSR count). The largest absolute Gasteiger partial charge is 0.379 e. The van der Waals surface area contributed by atoms with Gasteiger partial charge in [-0.3, -0.25) is 4.79 Å². The Kier molecular flexibility index (Phi) is 5.73. The van der Waals surface area contributed by atoms with Gasteiger partial charge >= 0.3 is 0 Å². The topological polar surface area (TPSA) is 34.5 Å². The summed E-state index contributed by atoms with van der Waals surface area (Å²) in [6.07, 6.45) is 2.17. The molecule has 1 amide bonds. The molecule has 1 aliphatic rings. The van der Waals surface area contributed by atoms with Crippen LogP contribution in [0.15, 0.2) is 30.3 Å². The number of carbonyl (C=O) groups excluding carboxylic acids is 1. The van der Waals surface area contributed by atoms with Crippen LogP contribution in [0.1, 0.15) is 59.2 Å². The average Bonchev–Trinajstić information content (AvgIpc) is 2.95. The SMILES string of the molecule is Cc1cc(C(=O)N(C)[C@H](C)c2ccc(Cl)cc2)c(C)n1C1CCCOC1. The molecule has 4 nitrogen and oxygen atoms in total. The van der Waals surface area contributed by atoms with Gasteiger partial charge in [-0.1, -0.05) is 23.7 Å². The Labute approximate surface area is 160 Å². The van der Waals surface area contributed by atoms with Gasteiger partial charge in [0.1, 0.15) is 0 Å².